The Kier molecular flexibility index (Phi) is 2.74. The molecule has 1 aromatic heterocycles. The Labute approximate surface area is 111 Å². The van der Waals surface area contributed by atoms with Crippen LogP contribution in [0.5, 0.6) is 0 Å². The van der Waals surface area contributed by atoms with Crippen molar-refractivity contribution in [2.24, 2.45) is 0 Å². The Morgan fingerprint density at radius 1 is 1.21 bits per heavy atom. The molecule has 2 heterocycles. The third-order valence-electron chi connectivity index (χ3n) is 3.68. The van der Waals surface area contributed by atoms with E-state index >= 15 is 0 Å². The predicted octanol–water partition coefficient (Wildman–Crippen LogP) is 3.07. The average Bonchev–Trinajstić information content (AvgIpc) is 2.92. The molecule has 0 unspecified atom stereocenters. The number of nitrogens with zero attached hydrogens (tertiary/aromatic N) is 1. The Hall–Kier alpha value is -1.62. The van der Waals surface area contributed by atoms with Crippen molar-refractivity contribution < 1.29 is 12.3 Å². The van der Waals surface area contributed by atoms with Gasteiger partial charge in [-0.3, -0.25) is 0 Å². The number of hydrogen-bond acceptors (Lipinski definition) is 2. The molecule has 0 bridgehead atoms. The molecule has 0 fully saturated rings. The van der Waals surface area contributed by atoms with Gasteiger partial charge in [0, 0.05) is 23.5 Å². The first-order chi connectivity index (χ1) is 9.00. The molecule has 2 aromatic rings. The van der Waals surface area contributed by atoms with E-state index in [0.29, 0.717) is 11.3 Å². The van der Waals surface area contributed by atoms with Crippen molar-refractivity contribution in [1.29, 1.82) is 0 Å². The highest BCUT2D eigenvalue weighted by atomic mass is 32.3. The van der Waals surface area contributed by atoms with Gasteiger partial charge in [-0.15, -0.1) is 3.89 Å². The Balaban J connectivity index is 2.38. The largest absolute Gasteiger partial charge is 0.347 e. The number of benzene rings is 1. The van der Waals surface area contributed by atoms with Gasteiger partial charge in [-0.25, -0.2) is 0 Å². The molecule has 0 saturated heterocycles. The minimum Gasteiger partial charge on any atom is -0.347 e. The van der Waals surface area contributed by atoms with Crippen LogP contribution in [-0.4, -0.2) is 13.0 Å². The summed E-state index contributed by atoms with van der Waals surface area (Å²) in [5.41, 5.74) is 2.74. The second-order valence-electron chi connectivity index (χ2n) is 4.80. The molecule has 1 aliphatic rings. The van der Waals surface area contributed by atoms with E-state index in [1.807, 2.05) is 34.9 Å². The molecule has 0 radical (unpaired) electrons. The van der Waals surface area contributed by atoms with Crippen LogP contribution in [0.4, 0.5) is 3.89 Å². The average molecular weight is 279 g/mol. The summed E-state index contributed by atoms with van der Waals surface area (Å²) in [6.45, 7) is 2.43. The fourth-order valence-electron chi connectivity index (χ4n) is 2.94. The maximum Gasteiger partial charge on any atom is 0.334 e. The highest BCUT2D eigenvalue weighted by Gasteiger charge is 2.31. The minimum atomic E-state index is -4.71. The van der Waals surface area contributed by atoms with Crippen molar-refractivity contribution in [1.82, 2.24) is 4.57 Å². The van der Waals surface area contributed by atoms with Gasteiger partial charge in [0.1, 0.15) is 4.90 Å². The predicted molar refractivity (Wildman–Crippen MR) is 71.2 cm³/mol. The molecule has 0 saturated carbocycles. The maximum absolute atomic E-state index is 13.6. The number of hydrogen-bond donors (Lipinski definition) is 0. The van der Waals surface area contributed by atoms with Crippen LogP contribution in [0.3, 0.4) is 0 Å². The van der Waals surface area contributed by atoms with E-state index in [9.17, 15) is 12.3 Å². The van der Waals surface area contributed by atoms with E-state index in [-0.39, 0.29) is 4.90 Å². The molecule has 100 valence electrons. The van der Waals surface area contributed by atoms with E-state index in [1.165, 1.54) is 0 Å². The molecule has 5 heteroatoms. The van der Waals surface area contributed by atoms with E-state index < -0.39 is 10.2 Å². The molecule has 19 heavy (non-hydrogen) atoms. The smallest absolute Gasteiger partial charge is 0.334 e. The van der Waals surface area contributed by atoms with Gasteiger partial charge < -0.3 is 4.57 Å². The van der Waals surface area contributed by atoms with Crippen molar-refractivity contribution in [2.75, 3.05) is 0 Å². The Bertz CT molecular complexity index is 733. The van der Waals surface area contributed by atoms with Crippen LogP contribution >= 0.6 is 0 Å². The van der Waals surface area contributed by atoms with Gasteiger partial charge in [0.05, 0.1) is 0 Å². The first-order valence-corrected chi connectivity index (χ1v) is 7.60. The second-order valence-corrected chi connectivity index (χ2v) is 6.08. The molecule has 1 aliphatic heterocycles. The lowest BCUT2D eigenvalue weighted by molar-refractivity contribution is 0.550. The second kappa shape index (κ2) is 4.20. The molecule has 0 spiro atoms. The first kappa shape index (κ1) is 12.4. The number of rotatable bonds is 2. The minimum absolute atomic E-state index is 0.159. The van der Waals surface area contributed by atoms with Crippen LogP contribution in [0.2, 0.25) is 0 Å². The first-order valence-electron chi connectivity index (χ1n) is 6.22. The van der Waals surface area contributed by atoms with Crippen molar-refractivity contribution in [3.8, 4) is 11.1 Å². The van der Waals surface area contributed by atoms with E-state index in [0.717, 1.165) is 30.6 Å². The van der Waals surface area contributed by atoms with Crippen LogP contribution < -0.4 is 0 Å². The van der Waals surface area contributed by atoms with E-state index in [1.54, 1.807) is 6.92 Å². The number of fused-ring (bicyclic) bond motifs is 1. The van der Waals surface area contributed by atoms with Crippen LogP contribution in [0.1, 0.15) is 17.8 Å². The quantitative estimate of drug-likeness (QED) is 0.792. The molecule has 3 rings (SSSR count). The molecular formula is C14H14FNO2S. The van der Waals surface area contributed by atoms with Gasteiger partial charge >= 0.3 is 10.2 Å². The molecule has 3 nitrogen and oxygen atoms in total. The van der Waals surface area contributed by atoms with Crippen molar-refractivity contribution in [3.63, 3.8) is 0 Å². The third-order valence-corrected chi connectivity index (χ3v) is 4.66. The molecule has 0 amide bonds. The van der Waals surface area contributed by atoms with Crippen molar-refractivity contribution >= 4 is 10.2 Å². The molecule has 0 N–H and O–H groups in total. The summed E-state index contributed by atoms with van der Waals surface area (Å²) < 4.78 is 38.5. The van der Waals surface area contributed by atoms with Gasteiger partial charge in [-0.1, -0.05) is 30.3 Å². The lowest BCUT2D eigenvalue weighted by Gasteiger charge is -2.04. The highest BCUT2D eigenvalue weighted by molar-refractivity contribution is 7.86. The summed E-state index contributed by atoms with van der Waals surface area (Å²) in [5.74, 6) is 0. The Morgan fingerprint density at radius 2 is 1.89 bits per heavy atom. The SMILES string of the molecule is Cc1c(S(=O)(=O)F)c(-c2ccccc2)c2n1CCC2. The topological polar surface area (TPSA) is 39.1 Å². The normalized spacial score (nSPS) is 14.6. The monoisotopic (exact) mass is 279 g/mol. The van der Waals surface area contributed by atoms with Crippen LogP contribution in [0, 0.1) is 6.92 Å². The van der Waals surface area contributed by atoms with Gasteiger partial charge in [-0.05, 0) is 25.3 Å². The molecule has 0 atom stereocenters. The third kappa shape index (κ3) is 1.89. The summed E-state index contributed by atoms with van der Waals surface area (Å²) in [4.78, 5) is -0.159. The zero-order chi connectivity index (χ0) is 13.6. The molecule has 0 aliphatic carbocycles. The lowest BCUT2D eigenvalue weighted by Crippen LogP contribution is -1.99. The zero-order valence-corrected chi connectivity index (χ0v) is 11.4. The van der Waals surface area contributed by atoms with Crippen LogP contribution in [0.25, 0.3) is 11.1 Å². The van der Waals surface area contributed by atoms with E-state index in [4.69, 9.17) is 0 Å². The van der Waals surface area contributed by atoms with Crippen molar-refractivity contribution in [3.05, 3.63) is 41.7 Å². The summed E-state index contributed by atoms with van der Waals surface area (Å²) >= 11 is 0. The van der Waals surface area contributed by atoms with E-state index in [2.05, 4.69) is 0 Å². The number of halogens is 1. The van der Waals surface area contributed by atoms with Gasteiger partial charge in [-0.2, -0.15) is 8.42 Å². The van der Waals surface area contributed by atoms with Gasteiger partial charge in [0.15, 0.2) is 0 Å². The van der Waals surface area contributed by atoms with Gasteiger partial charge in [0.25, 0.3) is 0 Å². The van der Waals surface area contributed by atoms with Crippen molar-refractivity contribution in [2.45, 2.75) is 31.2 Å². The highest BCUT2D eigenvalue weighted by Crippen LogP contribution is 2.39. The van der Waals surface area contributed by atoms with Crippen LogP contribution in [0.15, 0.2) is 35.2 Å². The molecular weight excluding hydrogens is 265 g/mol. The fourth-order valence-corrected chi connectivity index (χ4v) is 3.88. The number of aromatic nitrogens is 1. The van der Waals surface area contributed by atoms with Crippen LogP contribution in [-0.2, 0) is 23.2 Å². The lowest BCUT2D eigenvalue weighted by atomic mass is 10.0. The maximum atomic E-state index is 13.6. The summed E-state index contributed by atoms with van der Waals surface area (Å²) in [7, 11) is -4.71. The van der Waals surface area contributed by atoms with Gasteiger partial charge in [0.2, 0.25) is 0 Å². The fraction of sp³-hybridized carbons (Fsp3) is 0.286. The summed E-state index contributed by atoms with van der Waals surface area (Å²) in [6, 6.07) is 9.16. The standard InChI is InChI=1S/C14H14FNO2S/c1-10-14(19(15,17)18)13(11-6-3-2-4-7-11)12-8-5-9-16(10)12/h2-4,6-7H,5,8-9H2,1H3. The zero-order valence-electron chi connectivity index (χ0n) is 10.6. The summed E-state index contributed by atoms with van der Waals surface area (Å²) in [6.07, 6.45) is 1.77. The summed E-state index contributed by atoms with van der Waals surface area (Å²) in [5, 5.41) is 0. The Morgan fingerprint density at radius 3 is 2.53 bits per heavy atom. The molecule has 1 aromatic carbocycles.